The Kier molecular flexibility index (Phi) is 6.69. The minimum Gasteiger partial charge on any atom is -0.478 e. The predicted octanol–water partition coefficient (Wildman–Crippen LogP) is 3.04. The molecule has 7 nitrogen and oxygen atoms in total. The molecule has 0 radical (unpaired) electrons. The Balaban J connectivity index is 1.50. The van der Waals surface area contributed by atoms with Gasteiger partial charge in [-0.25, -0.2) is 9.18 Å². The van der Waals surface area contributed by atoms with E-state index >= 15 is 0 Å². The lowest BCUT2D eigenvalue weighted by Crippen LogP contribution is -2.52. The lowest BCUT2D eigenvalue weighted by Gasteiger charge is -2.42. The molecule has 2 saturated heterocycles. The highest BCUT2D eigenvalue weighted by Gasteiger charge is 2.29. The number of halogens is 1. The third-order valence-corrected chi connectivity index (χ3v) is 7.47. The predicted molar refractivity (Wildman–Crippen MR) is 134 cm³/mol. The first-order chi connectivity index (χ1) is 16.9. The number of likely N-dealkylation sites (tertiary alicyclic amines) is 1. The molecule has 8 heteroatoms. The van der Waals surface area contributed by atoms with Crippen molar-refractivity contribution in [3.63, 3.8) is 0 Å². The lowest BCUT2D eigenvalue weighted by atomic mass is 10.0. The summed E-state index contributed by atoms with van der Waals surface area (Å²) in [7, 11) is 2.17. The van der Waals surface area contributed by atoms with Gasteiger partial charge in [-0.2, -0.15) is 0 Å². The summed E-state index contributed by atoms with van der Waals surface area (Å²) < 4.78 is 15.1. The van der Waals surface area contributed by atoms with E-state index in [1.54, 1.807) is 24.3 Å². The summed E-state index contributed by atoms with van der Waals surface area (Å²) >= 11 is 0. The monoisotopic (exact) mass is 478 g/mol. The standard InChI is InChI=1S/C27H31FN4O3/c1-29-12-10-20(11-13-29)31-16-14-30(15-17-31)18-24-25(27(34)35)22-4-2-3-5-23(22)26(33)32(24)21-8-6-19(28)7-9-21/h2-9,20H,10-18H2,1H3,(H,34,35). The molecule has 0 saturated carbocycles. The molecule has 0 spiro atoms. The van der Waals surface area contributed by atoms with E-state index in [4.69, 9.17) is 0 Å². The number of aromatic nitrogens is 1. The van der Waals surface area contributed by atoms with Crippen molar-refractivity contribution >= 4 is 16.7 Å². The highest BCUT2D eigenvalue weighted by atomic mass is 19.1. The van der Waals surface area contributed by atoms with Crippen LogP contribution in [0.2, 0.25) is 0 Å². The van der Waals surface area contributed by atoms with Crippen molar-refractivity contribution in [2.24, 2.45) is 0 Å². The number of carbonyl (C=O) groups is 1. The molecule has 0 aliphatic carbocycles. The quantitative estimate of drug-likeness (QED) is 0.608. The number of nitrogens with zero attached hydrogens (tertiary/aromatic N) is 4. The van der Waals surface area contributed by atoms with Crippen LogP contribution in [0, 0.1) is 5.82 Å². The summed E-state index contributed by atoms with van der Waals surface area (Å²) in [4.78, 5) is 33.2. The molecule has 2 aliphatic heterocycles. The summed E-state index contributed by atoms with van der Waals surface area (Å²) in [6.07, 6.45) is 2.35. The second-order valence-corrected chi connectivity index (χ2v) is 9.64. The number of piperazine rings is 1. The smallest absolute Gasteiger partial charge is 0.338 e. The van der Waals surface area contributed by atoms with Crippen molar-refractivity contribution in [1.29, 1.82) is 0 Å². The number of benzene rings is 2. The van der Waals surface area contributed by atoms with Gasteiger partial charge in [0.05, 0.1) is 11.3 Å². The topological polar surface area (TPSA) is 69.0 Å². The summed E-state index contributed by atoms with van der Waals surface area (Å²) in [5.74, 6) is -1.48. The van der Waals surface area contributed by atoms with E-state index in [0.717, 1.165) is 39.3 Å². The Bertz CT molecular complexity index is 1270. The molecule has 1 aromatic heterocycles. The second-order valence-electron chi connectivity index (χ2n) is 9.64. The molecular weight excluding hydrogens is 447 g/mol. The van der Waals surface area contributed by atoms with Crippen molar-refractivity contribution < 1.29 is 14.3 Å². The van der Waals surface area contributed by atoms with Crippen LogP contribution in [0.5, 0.6) is 0 Å². The molecule has 3 aromatic rings. The normalized spacial score (nSPS) is 18.8. The third kappa shape index (κ3) is 4.74. The van der Waals surface area contributed by atoms with Gasteiger partial charge >= 0.3 is 5.97 Å². The fourth-order valence-corrected chi connectivity index (χ4v) is 5.51. The number of carboxylic acids is 1. The number of piperidine rings is 1. The Labute approximate surface area is 204 Å². The zero-order chi connectivity index (χ0) is 24.5. The van der Waals surface area contributed by atoms with Crippen LogP contribution in [0.15, 0.2) is 53.3 Å². The Morgan fingerprint density at radius 3 is 2.20 bits per heavy atom. The van der Waals surface area contributed by atoms with Gasteiger partial charge in [-0.15, -0.1) is 0 Å². The van der Waals surface area contributed by atoms with Crippen molar-refractivity contribution in [3.05, 3.63) is 76.0 Å². The van der Waals surface area contributed by atoms with E-state index in [1.165, 1.54) is 41.7 Å². The van der Waals surface area contributed by atoms with Gasteiger partial charge in [-0.3, -0.25) is 19.2 Å². The molecule has 2 aromatic carbocycles. The maximum Gasteiger partial charge on any atom is 0.338 e. The number of hydrogen-bond donors (Lipinski definition) is 1. The minimum atomic E-state index is -1.07. The molecule has 3 heterocycles. The lowest BCUT2D eigenvalue weighted by molar-refractivity contribution is 0.0601. The first kappa shape index (κ1) is 23.7. The zero-order valence-corrected chi connectivity index (χ0v) is 20.0. The number of pyridine rings is 1. The molecule has 5 rings (SSSR count). The molecule has 2 fully saturated rings. The average Bonchev–Trinajstić information content (AvgIpc) is 2.86. The molecule has 0 unspecified atom stereocenters. The van der Waals surface area contributed by atoms with Gasteiger partial charge in [0, 0.05) is 55.2 Å². The van der Waals surface area contributed by atoms with E-state index in [-0.39, 0.29) is 11.1 Å². The van der Waals surface area contributed by atoms with E-state index in [1.807, 2.05) is 0 Å². The highest BCUT2D eigenvalue weighted by molar-refractivity contribution is 6.04. The maximum atomic E-state index is 13.7. The van der Waals surface area contributed by atoms with Crippen LogP contribution < -0.4 is 5.56 Å². The average molecular weight is 479 g/mol. The highest BCUT2D eigenvalue weighted by Crippen LogP contribution is 2.25. The maximum absolute atomic E-state index is 13.7. The van der Waals surface area contributed by atoms with E-state index < -0.39 is 11.8 Å². The summed E-state index contributed by atoms with van der Waals surface area (Å²) in [5, 5.41) is 11.0. The molecule has 0 atom stereocenters. The molecule has 2 aliphatic rings. The number of hydrogen-bond acceptors (Lipinski definition) is 5. The Morgan fingerprint density at radius 1 is 0.943 bits per heavy atom. The molecule has 35 heavy (non-hydrogen) atoms. The molecule has 0 bridgehead atoms. The summed E-state index contributed by atoms with van der Waals surface area (Å²) in [6.45, 7) is 6.02. The first-order valence-electron chi connectivity index (χ1n) is 12.2. The van der Waals surface area contributed by atoms with Gasteiger partial charge in [-0.1, -0.05) is 18.2 Å². The van der Waals surface area contributed by atoms with Crippen molar-refractivity contribution in [1.82, 2.24) is 19.3 Å². The van der Waals surface area contributed by atoms with Crippen LogP contribution in [0.3, 0.4) is 0 Å². The van der Waals surface area contributed by atoms with Crippen molar-refractivity contribution in [2.75, 3.05) is 46.3 Å². The minimum absolute atomic E-state index is 0.127. The fraction of sp³-hybridized carbons (Fsp3) is 0.407. The third-order valence-electron chi connectivity index (χ3n) is 7.47. The van der Waals surface area contributed by atoms with Gasteiger partial charge in [0.15, 0.2) is 0 Å². The van der Waals surface area contributed by atoms with E-state index in [9.17, 15) is 19.1 Å². The SMILES string of the molecule is CN1CCC(N2CCN(Cc3c(C(=O)O)c4ccccc4c(=O)n3-c3ccc(F)cc3)CC2)CC1. The molecular formula is C27H31FN4O3. The number of carboxylic acid groups (broad SMARTS) is 1. The zero-order valence-electron chi connectivity index (χ0n) is 20.0. The van der Waals surface area contributed by atoms with Crippen molar-refractivity contribution in [3.8, 4) is 5.69 Å². The Hall–Kier alpha value is -3.07. The van der Waals surface area contributed by atoms with Crippen LogP contribution in [0.1, 0.15) is 28.9 Å². The van der Waals surface area contributed by atoms with Crippen LogP contribution in [-0.4, -0.2) is 82.7 Å². The van der Waals surface area contributed by atoms with Crippen LogP contribution in [-0.2, 0) is 6.54 Å². The van der Waals surface area contributed by atoms with Gasteiger partial charge in [0.25, 0.3) is 5.56 Å². The van der Waals surface area contributed by atoms with E-state index in [2.05, 4.69) is 21.7 Å². The summed E-state index contributed by atoms with van der Waals surface area (Å²) in [5.41, 5.74) is 0.726. The largest absolute Gasteiger partial charge is 0.478 e. The Morgan fingerprint density at radius 2 is 1.57 bits per heavy atom. The number of rotatable bonds is 5. The van der Waals surface area contributed by atoms with Crippen LogP contribution in [0.25, 0.3) is 16.5 Å². The van der Waals surface area contributed by atoms with Gasteiger partial charge in [0.2, 0.25) is 0 Å². The van der Waals surface area contributed by atoms with Gasteiger partial charge in [0.1, 0.15) is 5.82 Å². The summed E-state index contributed by atoms with van der Waals surface area (Å²) in [6, 6.07) is 13.1. The molecule has 1 N–H and O–H groups in total. The molecule has 184 valence electrons. The molecule has 0 amide bonds. The van der Waals surface area contributed by atoms with Crippen molar-refractivity contribution in [2.45, 2.75) is 25.4 Å². The van der Waals surface area contributed by atoms with Crippen LogP contribution >= 0.6 is 0 Å². The van der Waals surface area contributed by atoms with Crippen LogP contribution in [0.4, 0.5) is 4.39 Å². The number of fused-ring (bicyclic) bond motifs is 1. The number of aromatic carboxylic acids is 1. The van der Waals surface area contributed by atoms with E-state index in [0.29, 0.717) is 34.7 Å². The second kappa shape index (κ2) is 9.89. The fourth-order valence-electron chi connectivity index (χ4n) is 5.51. The van der Waals surface area contributed by atoms with Gasteiger partial charge < -0.3 is 10.0 Å². The van der Waals surface area contributed by atoms with Gasteiger partial charge in [-0.05, 0) is 63.3 Å². The first-order valence-corrected chi connectivity index (χ1v) is 12.2.